The van der Waals surface area contributed by atoms with Crippen molar-refractivity contribution in [2.45, 2.75) is 19.4 Å². The molecule has 1 aliphatic rings. The molecule has 5 heteroatoms. The van der Waals surface area contributed by atoms with Crippen LogP contribution in [-0.4, -0.2) is 6.79 Å². The summed E-state index contributed by atoms with van der Waals surface area (Å²) in [5, 5.41) is 4.78. The Hall–Kier alpha value is -1.58. The van der Waals surface area contributed by atoms with Gasteiger partial charge in [-0.15, -0.1) is 0 Å². The van der Waals surface area contributed by atoms with Gasteiger partial charge in [0.05, 0.1) is 6.04 Å². The molecule has 0 radical (unpaired) electrons. The van der Waals surface area contributed by atoms with Crippen molar-refractivity contribution in [3.8, 4) is 11.5 Å². The van der Waals surface area contributed by atoms with E-state index in [0.717, 1.165) is 29.2 Å². The molecule has 3 nitrogen and oxygen atoms in total. The van der Waals surface area contributed by atoms with Gasteiger partial charge in [-0.2, -0.15) is 0 Å². The second-order valence-electron chi connectivity index (χ2n) is 4.84. The van der Waals surface area contributed by atoms with Gasteiger partial charge in [0, 0.05) is 21.8 Å². The third-order valence-corrected chi connectivity index (χ3v) is 4.02. The normalized spacial score (nSPS) is 14.0. The minimum absolute atomic E-state index is 0.107. The standard InChI is InChI=1S/C16H15Cl2NO2/c1-2-14(12-5-3-10(17)7-13(12)18)19-11-4-6-15-16(8-11)21-9-20-15/h3-8,14,19H,2,9H2,1H3. The first-order valence-electron chi connectivity index (χ1n) is 6.78. The summed E-state index contributed by atoms with van der Waals surface area (Å²) >= 11 is 12.2. The van der Waals surface area contributed by atoms with Crippen molar-refractivity contribution in [2.24, 2.45) is 0 Å². The number of rotatable bonds is 4. The minimum Gasteiger partial charge on any atom is -0.454 e. The SMILES string of the molecule is CCC(Nc1ccc2c(c1)OCO2)c1ccc(Cl)cc1Cl. The summed E-state index contributed by atoms with van der Waals surface area (Å²) in [6.07, 6.45) is 0.899. The molecule has 0 saturated carbocycles. The molecule has 2 aromatic carbocycles. The Bertz CT molecular complexity index is 661. The number of hydrogen-bond donors (Lipinski definition) is 1. The second kappa shape index (κ2) is 6.04. The number of benzene rings is 2. The summed E-state index contributed by atoms with van der Waals surface area (Å²) in [7, 11) is 0. The Morgan fingerprint density at radius 2 is 1.90 bits per heavy atom. The monoisotopic (exact) mass is 323 g/mol. The molecule has 2 aromatic rings. The Labute approximate surface area is 133 Å². The Morgan fingerprint density at radius 1 is 1.10 bits per heavy atom. The van der Waals surface area contributed by atoms with Crippen molar-refractivity contribution in [1.82, 2.24) is 0 Å². The molecule has 1 atom stereocenters. The van der Waals surface area contributed by atoms with Crippen LogP contribution in [0.1, 0.15) is 24.9 Å². The second-order valence-corrected chi connectivity index (χ2v) is 5.68. The Morgan fingerprint density at radius 3 is 2.67 bits per heavy atom. The average molecular weight is 324 g/mol. The molecular weight excluding hydrogens is 309 g/mol. The van der Waals surface area contributed by atoms with Gasteiger partial charge < -0.3 is 14.8 Å². The van der Waals surface area contributed by atoms with E-state index in [9.17, 15) is 0 Å². The van der Waals surface area contributed by atoms with Crippen LogP contribution in [0.4, 0.5) is 5.69 Å². The van der Waals surface area contributed by atoms with Crippen LogP contribution in [0.3, 0.4) is 0 Å². The zero-order chi connectivity index (χ0) is 14.8. The maximum absolute atomic E-state index is 6.29. The molecule has 0 bridgehead atoms. The molecule has 0 aromatic heterocycles. The van der Waals surface area contributed by atoms with Crippen LogP contribution in [0, 0.1) is 0 Å². The van der Waals surface area contributed by atoms with E-state index in [0.29, 0.717) is 10.0 Å². The highest BCUT2D eigenvalue weighted by Gasteiger charge is 2.16. The van der Waals surface area contributed by atoms with E-state index in [1.54, 1.807) is 6.07 Å². The molecule has 1 aliphatic heterocycles. The zero-order valence-electron chi connectivity index (χ0n) is 11.5. The number of anilines is 1. The molecule has 1 N–H and O–H groups in total. The fourth-order valence-corrected chi connectivity index (χ4v) is 2.91. The maximum Gasteiger partial charge on any atom is 0.231 e. The number of halogens is 2. The lowest BCUT2D eigenvalue weighted by atomic mass is 10.0. The molecular formula is C16H15Cl2NO2. The van der Waals surface area contributed by atoms with E-state index < -0.39 is 0 Å². The summed E-state index contributed by atoms with van der Waals surface area (Å²) in [5.74, 6) is 1.54. The third-order valence-electron chi connectivity index (χ3n) is 3.46. The van der Waals surface area contributed by atoms with Gasteiger partial charge in [-0.1, -0.05) is 36.2 Å². The Balaban J connectivity index is 1.84. The molecule has 110 valence electrons. The lowest BCUT2D eigenvalue weighted by molar-refractivity contribution is 0.174. The summed E-state index contributed by atoms with van der Waals surface area (Å²) in [4.78, 5) is 0. The maximum atomic E-state index is 6.29. The Kier molecular flexibility index (Phi) is 4.13. The lowest BCUT2D eigenvalue weighted by Crippen LogP contribution is -2.10. The van der Waals surface area contributed by atoms with E-state index >= 15 is 0 Å². The topological polar surface area (TPSA) is 30.5 Å². The zero-order valence-corrected chi connectivity index (χ0v) is 13.0. The van der Waals surface area contributed by atoms with Gasteiger partial charge in [0.2, 0.25) is 6.79 Å². The van der Waals surface area contributed by atoms with Crippen molar-refractivity contribution < 1.29 is 9.47 Å². The molecule has 0 saturated heterocycles. The highest BCUT2D eigenvalue weighted by atomic mass is 35.5. The molecule has 0 aliphatic carbocycles. The van der Waals surface area contributed by atoms with Crippen LogP contribution in [0.25, 0.3) is 0 Å². The van der Waals surface area contributed by atoms with Crippen LogP contribution in [-0.2, 0) is 0 Å². The molecule has 21 heavy (non-hydrogen) atoms. The van der Waals surface area contributed by atoms with E-state index in [4.69, 9.17) is 32.7 Å². The fraction of sp³-hybridized carbons (Fsp3) is 0.250. The van der Waals surface area contributed by atoms with Crippen LogP contribution < -0.4 is 14.8 Å². The minimum atomic E-state index is 0.107. The van der Waals surface area contributed by atoms with Gasteiger partial charge in [-0.05, 0) is 36.2 Å². The van der Waals surface area contributed by atoms with Crippen LogP contribution in [0.15, 0.2) is 36.4 Å². The van der Waals surface area contributed by atoms with Crippen LogP contribution in [0.5, 0.6) is 11.5 Å². The quantitative estimate of drug-likeness (QED) is 0.829. The van der Waals surface area contributed by atoms with Crippen molar-refractivity contribution in [2.75, 3.05) is 12.1 Å². The number of nitrogens with one attached hydrogen (secondary N) is 1. The summed E-state index contributed by atoms with van der Waals surface area (Å²) in [6, 6.07) is 11.5. The fourth-order valence-electron chi connectivity index (χ4n) is 2.37. The summed E-state index contributed by atoms with van der Waals surface area (Å²) in [5.41, 5.74) is 2.00. The van der Waals surface area contributed by atoms with E-state index in [1.165, 1.54) is 0 Å². The predicted molar refractivity (Wildman–Crippen MR) is 85.7 cm³/mol. The average Bonchev–Trinajstić information content (AvgIpc) is 2.93. The summed E-state index contributed by atoms with van der Waals surface area (Å²) in [6.45, 7) is 2.38. The molecule has 0 spiro atoms. The van der Waals surface area contributed by atoms with Crippen molar-refractivity contribution >= 4 is 28.9 Å². The first-order chi connectivity index (χ1) is 10.2. The molecule has 0 fully saturated rings. The van der Waals surface area contributed by atoms with Crippen LogP contribution >= 0.6 is 23.2 Å². The van der Waals surface area contributed by atoms with E-state index in [2.05, 4.69) is 12.2 Å². The van der Waals surface area contributed by atoms with Gasteiger partial charge in [0.25, 0.3) is 0 Å². The van der Waals surface area contributed by atoms with Crippen molar-refractivity contribution in [3.63, 3.8) is 0 Å². The number of ether oxygens (including phenoxy) is 2. The lowest BCUT2D eigenvalue weighted by Gasteiger charge is -2.20. The molecule has 1 unspecified atom stereocenters. The largest absolute Gasteiger partial charge is 0.454 e. The molecule has 0 amide bonds. The smallest absolute Gasteiger partial charge is 0.231 e. The molecule has 3 rings (SSSR count). The number of fused-ring (bicyclic) bond motifs is 1. The molecule has 1 heterocycles. The van der Waals surface area contributed by atoms with Crippen molar-refractivity contribution in [3.05, 3.63) is 52.0 Å². The van der Waals surface area contributed by atoms with Crippen molar-refractivity contribution in [1.29, 1.82) is 0 Å². The predicted octanol–water partition coefficient (Wildman–Crippen LogP) is 5.29. The van der Waals surface area contributed by atoms with Gasteiger partial charge in [-0.25, -0.2) is 0 Å². The highest BCUT2D eigenvalue weighted by Crippen LogP contribution is 2.36. The van der Waals surface area contributed by atoms with Crippen LogP contribution in [0.2, 0.25) is 10.0 Å². The van der Waals surface area contributed by atoms with E-state index in [1.807, 2.05) is 30.3 Å². The van der Waals surface area contributed by atoms with Gasteiger partial charge in [0.15, 0.2) is 11.5 Å². The first-order valence-corrected chi connectivity index (χ1v) is 7.54. The van der Waals surface area contributed by atoms with E-state index in [-0.39, 0.29) is 12.8 Å². The van der Waals surface area contributed by atoms with Gasteiger partial charge in [-0.3, -0.25) is 0 Å². The summed E-state index contributed by atoms with van der Waals surface area (Å²) < 4.78 is 10.7. The van der Waals surface area contributed by atoms with Gasteiger partial charge >= 0.3 is 0 Å². The highest BCUT2D eigenvalue weighted by molar-refractivity contribution is 6.35. The van der Waals surface area contributed by atoms with Gasteiger partial charge in [0.1, 0.15) is 0 Å². The third kappa shape index (κ3) is 3.04. The number of hydrogen-bond acceptors (Lipinski definition) is 3. The first kappa shape index (κ1) is 14.4.